The number of aliphatic hydroxyl groups excluding tert-OH is 2. The van der Waals surface area contributed by atoms with Crippen molar-refractivity contribution in [1.82, 2.24) is 16.2 Å². The van der Waals surface area contributed by atoms with Crippen LogP contribution in [0.2, 0.25) is 0 Å². The Hall–Kier alpha value is -1.96. The largest absolute Gasteiger partial charge is 0.389 e. The van der Waals surface area contributed by atoms with E-state index in [4.69, 9.17) is 0 Å². The number of hydrogen-bond acceptors (Lipinski definition) is 5. The van der Waals surface area contributed by atoms with E-state index in [0.717, 1.165) is 11.1 Å². The van der Waals surface area contributed by atoms with Crippen molar-refractivity contribution in [2.45, 2.75) is 31.2 Å². The van der Waals surface area contributed by atoms with Crippen LogP contribution < -0.4 is 16.2 Å². The predicted octanol–water partition coefficient (Wildman–Crippen LogP) is 1.09. The van der Waals surface area contributed by atoms with Gasteiger partial charge < -0.3 is 15.5 Å². The predicted molar refractivity (Wildman–Crippen MR) is 103 cm³/mol. The zero-order chi connectivity index (χ0) is 17.8. The van der Waals surface area contributed by atoms with E-state index < -0.39 is 18.2 Å². The van der Waals surface area contributed by atoms with E-state index in [1.807, 2.05) is 42.5 Å². The van der Waals surface area contributed by atoms with Crippen LogP contribution in [0.1, 0.15) is 17.3 Å². The number of hydrazine groups is 1. The van der Waals surface area contributed by atoms with Gasteiger partial charge in [-0.25, -0.2) is 5.43 Å². The summed E-state index contributed by atoms with van der Waals surface area (Å²) in [6.45, 7) is 1.97. The van der Waals surface area contributed by atoms with Gasteiger partial charge in [-0.05, 0) is 30.2 Å². The van der Waals surface area contributed by atoms with Crippen LogP contribution in [0.5, 0.6) is 0 Å². The van der Waals surface area contributed by atoms with E-state index in [-0.39, 0.29) is 30.9 Å². The van der Waals surface area contributed by atoms with Crippen molar-refractivity contribution in [2.75, 3.05) is 6.54 Å². The molecule has 2 aromatic rings. The number of hydrogen-bond donors (Lipinski definition) is 5. The Balaban J connectivity index is 0.00000243. The van der Waals surface area contributed by atoms with Crippen molar-refractivity contribution in [3.05, 3.63) is 60.2 Å². The molecule has 5 N–H and O–H groups in total. The maximum atomic E-state index is 12.3. The number of benzene rings is 2. The molecule has 0 spiro atoms. The lowest BCUT2D eigenvalue weighted by Crippen LogP contribution is -2.67. The van der Waals surface area contributed by atoms with Crippen molar-refractivity contribution >= 4 is 18.3 Å². The first kappa shape index (κ1) is 20.4. The van der Waals surface area contributed by atoms with Crippen LogP contribution in [0.3, 0.4) is 0 Å². The monoisotopic (exact) mass is 377 g/mol. The molecular formula is C19H24ClN3O3. The third-order valence-electron chi connectivity index (χ3n) is 4.51. The summed E-state index contributed by atoms with van der Waals surface area (Å²) in [5.74, 6) is -0.221. The Morgan fingerprint density at radius 3 is 2.23 bits per heavy atom. The van der Waals surface area contributed by atoms with Gasteiger partial charge in [0.2, 0.25) is 0 Å². The van der Waals surface area contributed by atoms with Gasteiger partial charge in [-0.3, -0.25) is 10.2 Å². The molecule has 2 aromatic carbocycles. The number of carbonyl (C=O) groups excluding carboxylic acids is 1. The summed E-state index contributed by atoms with van der Waals surface area (Å²) in [6.07, 6.45) is -1.83. The van der Waals surface area contributed by atoms with Gasteiger partial charge >= 0.3 is 0 Å². The van der Waals surface area contributed by atoms with Gasteiger partial charge in [0.15, 0.2) is 0 Å². The average molecular weight is 378 g/mol. The molecule has 140 valence electrons. The van der Waals surface area contributed by atoms with Gasteiger partial charge in [0.1, 0.15) is 0 Å². The molecule has 1 amide bonds. The minimum atomic E-state index is -0.947. The van der Waals surface area contributed by atoms with Gasteiger partial charge in [0.05, 0.1) is 18.2 Å². The van der Waals surface area contributed by atoms with E-state index in [0.29, 0.717) is 5.56 Å². The second kappa shape index (κ2) is 9.12. The first-order valence-corrected chi connectivity index (χ1v) is 8.37. The van der Waals surface area contributed by atoms with E-state index in [2.05, 4.69) is 16.2 Å². The summed E-state index contributed by atoms with van der Waals surface area (Å²) in [5, 5.41) is 22.7. The average Bonchev–Trinajstić information content (AvgIpc) is 2.66. The van der Waals surface area contributed by atoms with Crippen molar-refractivity contribution in [3.63, 3.8) is 0 Å². The Kier molecular flexibility index (Phi) is 7.14. The number of carbonyl (C=O) groups is 1. The fraction of sp³-hybridized carbons (Fsp3) is 0.316. The highest BCUT2D eigenvalue weighted by molar-refractivity contribution is 5.94. The third kappa shape index (κ3) is 4.60. The van der Waals surface area contributed by atoms with Crippen LogP contribution in [0.4, 0.5) is 0 Å². The third-order valence-corrected chi connectivity index (χ3v) is 4.51. The Morgan fingerprint density at radius 1 is 0.962 bits per heavy atom. The summed E-state index contributed by atoms with van der Waals surface area (Å²) in [4.78, 5) is 12.3. The number of rotatable bonds is 4. The first-order valence-electron chi connectivity index (χ1n) is 8.37. The molecule has 0 aromatic heterocycles. The normalized spacial score (nSPS) is 25.2. The smallest absolute Gasteiger partial charge is 0.251 e. The molecule has 0 bridgehead atoms. The Morgan fingerprint density at radius 2 is 1.58 bits per heavy atom. The molecule has 0 saturated carbocycles. The Bertz CT molecular complexity index is 712. The minimum Gasteiger partial charge on any atom is -0.389 e. The first-order chi connectivity index (χ1) is 12.1. The standard InChI is InChI=1S/C19H23N3O3.ClH/c1-12-17(23)18(24)16(22-21-12)11-20-19(25)15-9-7-14(8-10-15)13-5-3-2-4-6-13;/h2-10,12,16-18,21-24H,11H2,1H3,(H,20,25);1H/t12-,16+,17-,18+;/m1./s1. The molecule has 26 heavy (non-hydrogen) atoms. The summed E-state index contributed by atoms with van der Waals surface area (Å²) in [5.41, 5.74) is 8.49. The highest BCUT2D eigenvalue weighted by atomic mass is 35.5. The van der Waals surface area contributed by atoms with Crippen molar-refractivity contribution in [2.24, 2.45) is 0 Å². The second-order valence-corrected chi connectivity index (χ2v) is 6.32. The molecule has 7 heteroatoms. The molecule has 0 radical (unpaired) electrons. The molecule has 6 nitrogen and oxygen atoms in total. The number of nitrogens with one attached hydrogen (secondary N) is 3. The van der Waals surface area contributed by atoms with Gasteiger partial charge in [-0.1, -0.05) is 42.5 Å². The van der Waals surface area contributed by atoms with E-state index >= 15 is 0 Å². The molecule has 1 aliphatic heterocycles. The molecule has 0 aliphatic carbocycles. The topological polar surface area (TPSA) is 93.6 Å². The van der Waals surface area contributed by atoms with Crippen LogP contribution in [-0.4, -0.2) is 47.0 Å². The zero-order valence-corrected chi connectivity index (χ0v) is 15.2. The van der Waals surface area contributed by atoms with Crippen molar-refractivity contribution < 1.29 is 15.0 Å². The SMILES string of the molecule is C[C@H]1NN[C@@H](CNC(=O)c2ccc(-c3ccccc3)cc2)[C@H](O)[C@@H]1O.Cl. The van der Waals surface area contributed by atoms with Gasteiger partial charge in [0.25, 0.3) is 5.91 Å². The molecule has 1 fully saturated rings. The second-order valence-electron chi connectivity index (χ2n) is 6.32. The van der Waals surface area contributed by atoms with Crippen LogP contribution in [0.15, 0.2) is 54.6 Å². The summed E-state index contributed by atoms with van der Waals surface area (Å²) < 4.78 is 0. The summed E-state index contributed by atoms with van der Waals surface area (Å²) in [7, 11) is 0. The van der Waals surface area contributed by atoms with E-state index in [9.17, 15) is 15.0 Å². The molecule has 3 rings (SSSR count). The van der Waals surface area contributed by atoms with Crippen molar-refractivity contribution in [3.8, 4) is 11.1 Å². The van der Waals surface area contributed by atoms with Crippen molar-refractivity contribution in [1.29, 1.82) is 0 Å². The number of halogens is 1. The molecular weight excluding hydrogens is 354 g/mol. The van der Waals surface area contributed by atoms with Gasteiger partial charge in [-0.15, -0.1) is 12.4 Å². The minimum absolute atomic E-state index is 0. The highest BCUT2D eigenvalue weighted by Crippen LogP contribution is 2.19. The van der Waals surface area contributed by atoms with E-state index in [1.165, 1.54) is 0 Å². The van der Waals surface area contributed by atoms with E-state index in [1.54, 1.807) is 19.1 Å². The van der Waals surface area contributed by atoms with Crippen LogP contribution in [0.25, 0.3) is 11.1 Å². The fourth-order valence-electron chi connectivity index (χ4n) is 2.86. The number of aliphatic hydroxyl groups is 2. The zero-order valence-electron chi connectivity index (χ0n) is 14.4. The lowest BCUT2D eigenvalue weighted by Gasteiger charge is -2.37. The maximum Gasteiger partial charge on any atom is 0.251 e. The fourth-order valence-corrected chi connectivity index (χ4v) is 2.86. The lowest BCUT2D eigenvalue weighted by atomic mass is 9.98. The van der Waals surface area contributed by atoms with Gasteiger partial charge in [-0.2, -0.15) is 0 Å². The summed E-state index contributed by atoms with van der Waals surface area (Å²) in [6, 6.07) is 16.6. The molecule has 1 heterocycles. The van der Waals surface area contributed by atoms with Crippen LogP contribution >= 0.6 is 12.4 Å². The lowest BCUT2D eigenvalue weighted by molar-refractivity contribution is -0.0523. The maximum absolute atomic E-state index is 12.3. The number of amides is 1. The quantitative estimate of drug-likeness (QED) is 0.550. The molecule has 1 saturated heterocycles. The molecule has 1 aliphatic rings. The molecule has 4 atom stereocenters. The molecule has 0 unspecified atom stereocenters. The summed E-state index contributed by atoms with van der Waals surface area (Å²) >= 11 is 0. The Labute approximate surface area is 159 Å². The highest BCUT2D eigenvalue weighted by Gasteiger charge is 2.34. The van der Waals surface area contributed by atoms with Crippen LogP contribution in [0, 0.1) is 0 Å². The van der Waals surface area contributed by atoms with Gasteiger partial charge in [0, 0.05) is 18.2 Å². The van der Waals surface area contributed by atoms with Crippen LogP contribution in [-0.2, 0) is 0 Å².